The number of hydrogen-bond donors (Lipinski definition) is 1. The third-order valence-corrected chi connectivity index (χ3v) is 3.96. The van der Waals surface area contributed by atoms with Gasteiger partial charge in [0.25, 0.3) is 0 Å². The Kier molecular flexibility index (Phi) is 1.72. The lowest BCUT2D eigenvalue weighted by atomic mass is 10.2. The minimum Gasteiger partial charge on any atom is -0.329 e. The average molecular weight is 180 g/mol. The van der Waals surface area contributed by atoms with Gasteiger partial charge in [0.1, 0.15) is 0 Å². The first-order valence-corrected chi connectivity index (χ1v) is 5.81. The Balaban J connectivity index is 1.66. The third-order valence-electron chi connectivity index (χ3n) is 3.96. The summed E-state index contributed by atoms with van der Waals surface area (Å²) in [5.41, 5.74) is 6.37. The molecule has 0 aromatic rings. The molecule has 3 fully saturated rings. The standard InChI is InChI=1S/C11H20N2/c12-8-11(5-6-11)13(10-3-4-10)7-9-1-2-9/h9-10H,1-8,12H2. The van der Waals surface area contributed by atoms with E-state index in [1.165, 1.54) is 45.1 Å². The first-order valence-electron chi connectivity index (χ1n) is 5.81. The first-order chi connectivity index (χ1) is 6.34. The van der Waals surface area contributed by atoms with Gasteiger partial charge in [0.05, 0.1) is 0 Å². The lowest BCUT2D eigenvalue weighted by Gasteiger charge is -2.31. The van der Waals surface area contributed by atoms with Gasteiger partial charge in [-0.25, -0.2) is 0 Å². The van der Waals surface area contributed by atoms with Gasteiger partial charge >= 0.3 is 0 Å². The van der Waals surface area contributed by atoms with Gasteiger partial charge in [0, 0.05) is 24.7 Å². The van der Waals surface area contributed by atoms with E-state index in [0.29, 0.717) is 5.54 Å². The zero-order valence-corrected chi connectivity index (χ0v) is 8.34. The van der Waals surface area contributed by atoms with Crippen LogP contribution in [0.1, 0.15) is 38.5 Å². The maximum Gasteiger partial charge on any atom is 0.0336 e. The predicted octanol–water partition coefficient (Wildman–Crippen LogP) is 1.35. The Morgan fingerprint density at radius 1 is 1.15 bits per heavy atom. The van der Waals surface area contributed by atoms with Crippen LogP contribution in [0.2, 0.25) is 0 Å². The molecule has 0 bridgehead atoms. The summed E-state index contributed by atoms with van der Waals surface area (Å²) in [5, 5.41) is 0. The van der Waals surface area contributed by atoms with E-state index in [4.69, 9.17) is 5.73 Å². The highest BCUT2D eigenvalue weighted by Crippen LogP contribution is 2.48. The van der Waals surface area contributed by atoms with Crippen molar-refractivity contribution in [2.24, 2.45) is 11.7 Å². The van der Waals surface area contributed by atoms with Gasteiger partial charge in [-0.05, 0) is 44.4 Å². The van der Waals surface area contributed by atoms with Crippen LogP contribution < -0.4 is 5.73 Å². The van der Waals surface area contributed by atoms with E-state index in [-0.39, 0.29) is 0 Å². The highest BCUT2D eigenvalue weighted by Gasteiger charge is 2.52. The van der Waals surface area contributed by atoms with Crippen LogP contribution in [0.5, 0.6) is 0 Å². The smallest absolute Gasteiger partial charge is 0.0336 e. The van der Waals surface area contributed by atoms with Crippen LogP contribution >= 0.6 is 0 Å². The highest BCUT2D eigenvalue weighted by atomic mass is 15.3. The van der Waals surface area contributed by atoms with E-state index in [1.807, 2.05) is 0 Å². The molecule has 3 aliphatic carbocycles. The summed E-state index contributed by atoms with van der Waals surface area (Å²) in [7, 11) is 0. The summed E-state index contributed by atoms with van der Waals surface area (Å²) in [6.07, 6.45) is 8.57. The summed E-state index contributed by atoms with van der Waals surface area (Å²) in [6.45, 7) is 2.26. The summed E-state index contributed by atoms with van der Waals surface area (Å²) in [6, 6.07) is 0.923. The zero-order valence-electron chi connectivity index (χ0n) is 8.34. The molecule has 2 nitrogen and oxygen atoms in total. The Morgan fingerprint density at radius 2 is 1.85 bits per heavy atom. The molecule has 74 valence electrons. The molecule has 0 radical (unpaired) electrons. The molecule has 0 aromatic heterocycles. The fourth-order valence-electron chi connectivity index (χ4n) is 2.45. The molecule has 0 spiro atoms. The van der Waals surface area contributed by atoms with Gasteiger partial charge in [0.2, 0.25) is 0 Å². The molecule has 0 atom stereocenters. The molecule has 0 aromatic carbocycles. The van der Waals surface area contributed by atoms with E-state index >= 15 is 0 Å². The molecule has 3 rings (SSSR count). The maximum absolute atomic E-state index is 5.89. The highest BCUT2D eigenvalue weighted by molar-refractivity contribution is 5.09. The van der Waals surface area contributed by atoms with Crippen molar-refractivity contribution in [2.45, 2.75) is 50.1 Å². The number of nitrogens with two attached hydrogens (primary N) is 1. The molecule has 2 heteroatoms. The molecule has 3 saturated carbocycles. The van der Waals surface area contributed by atoms with Gasteiger partial charge in [-0.15, -0.1) is 0 Å². The molecule has 2 N–H and O–H groups in total. The van der Waals surface area contributed by atoms with Gasteiger partial charge in [-0.3, -0.25) is 4.90 Å². The zero-order chi connectivity index (χ0) is 8.89. The molecule has 0 heterocycles. The summed E-state index contributed by atoms with van der Waals surface area (Å²) >= 11 is 0. The average Bonchev–Trinajstić information content (AvgIpc) is 3.00. The van der Waals surface area contributed by atoms with Crippen molar-refractivity contribution >= 4 is 0 Å². The molecule has 13 heavy (non-hydrogen) atoms. The van der Waals surface area contributed by atoms with E-state index in [1.54, 1.807) is 0 Å². The normalized spacial score (nSPS) is 30.9. The maximum atomic E-state index is 5.89. The molecule has 0 unspecified atom stereocenters. The van der Waals surface area contributed by atoms with Crippen molar-refractivity contribution in [3.8, 4) is 0 Å². The summed E-state index contributed by atoms with van der Waals surface area (Å²) < 4.78 is 0. The molecule has 0 amide bonds. The van der Waals surface area contributed by atoms with Gasteiger partial charge in [-0.1, -0.05) is 0 Å². The van der Waals surface area contributed by atoms with Crippen molar-refractivity contribution in [2.75, 3.05) is 13.1 Å². The van der Waals surface area contributed by atoms with Crippen molar-refractivity contribution in [1.82, 2.24) is 4.90 Å². The molecule has 0 saturated heterocycles. The van der Waals surface area contributed by atoms with E-state index in [2.05, 4.69) is 4.90 Å². The Morgan fingerprint density at radius 3 is 2.23 bits per heavy atom. The summed E-state index contributed by atoms with van der Waals surface area (Å²) in [5.74, 6) is 1.03. The van der Waals surface area contributed by atoms with Crippen molar-refractivity contribution < 1.29 is 0 Å². The number of nitrogens with zero attached hydrogens (tertiary/aromatic N) is 1. The van der Waals surface area contributed by atoms with E-state index in [0.717, 1.165) is 18.5 Å². The van der Waals surface area contributed by atoms with Crippen LogP contribution in [0.4, 0.5) is 0 Å². The van der Waals surface area contributed by atoms with Gasteiger partial charge in [0.15, 0.2) is 0 Å². The number of rotatable bonds is 5. The minimum atomic E-state index is 0.476. The molecule has 0 aliphatic heterocycles. The minimum absolute atomic E-state index is 0.476. The Hall–Kier alpha value is -0.0800. The van der Waals surface area contributed by atoms with Crippen LogP contribution in [0, 0.1) is 5.92 Å². The van der Waals surface area contributed by atoms with Crippen molar-refractivity contribution in [1.29, 1.82) is 0 Å². The lowest BCUT2D eigenvalue weighted by molar-refractivity contribution is 0.163. The Bertz CT molecular complexity index is 202. The second kappa shape index (κ2) is 2.71. The SMILES string of the molecule is NCC1(N(CC2CC2)C2CC2)CC1. The first kappa shape index (κ1) is 8.25. The molecular weight excluding hydrogens is 160 g/mol. The second-order valence-corrected chi connectivity index (χ2v) is 5.26. The number of hydrogen-bond acceptors (Lipinski definition) is 2. The third kappa shape index (κ3) is 1.50. The fourth-order valence-corrected chi connectivity index (χ4v) is 2.45. The van der Waals surface area contributed by atoms with Crippen LogP contribution in [0.25, 0.3) is 0 Å². The van der Waals surface area contributed by atoms with Crippen LogP contribution in [-0.4, -0.2) is 29.6 Å². The molecular formula is C11H20N2. The van der Waals surface area contributed by atoms with E-state index < -0.39 is 0 Å². The lowest BCUT2D eigenvalue weighted by Crippen LogP contribution is -2.45. The van der Waals surface area contributed by atoms with Gasteiger partial charge in [-0.2, -0.15) is 0 Å². The second-order valence-electron chi connectivity index (χ2n) is 5.26. The summed E-state index contributed by atoms with van der Waals surface area (Å²) in [4.78, 5) is 2.77. The fraction of sp³-hybridized carbons (Fsp3) is 1.00. The van der Waals surface area contributed by atoms with Gasteiger partial charge < -0.3 is 5.73 Å². The predicted molar refractivity (Wildman–Crippen MR) is 53.5 cm³/mol. The van der Waals surface area contributed by atoms with Crippen molar-refractivity contribution in [3.63, 3.8) is 0 Å². The van der Waals surface area contributed by atoms with Crippen LogP contribution in [0.15, 0.2) is 0 Å². The monoisotopic (exact) mass is 180 g/mol. The topological polar surface area (TPSA) is 29.3 Å². The van der Waals surface area contributed by atoms with Crippen LogP contribution in [0.3, 0.4) is 0 Å². The van der Waals surface area contributed by atoms with Crippen molar-refractivity contribution in [3.05, 3.63) is 0 Å². The molecule has 3 aliphatic rings. The quantitative estimate of drug-likeness (QED) is 0.692. The Labute approximate surface area is 80.5 Å². The largest absolute Gasteiger partial charge is 0.329 e. The van der Waals surface area contributed by atoms with Crippen LogP contribution in [-0.2, 0) is 0 Å². The van der Waals surface area contributed by atoms with E-state index in [9.17, 15) is 0 Å².